The van der Waals surface area contributed by atoms with Crippen LogP contribution in [0.25, 0.3) is 0 Å². The van der Waals surface area contributed by atoms with Gasteiger partial charge in [0, 0.05) is 29.7 Å². The number of Topliss-reactive ketones (excluding diaryl/α,β-unsaturated/α-hetero) is 1. The molecular formula is C18H27NO2. The van der Waals surface area contributed by atoms with Gasteiger partial charge in [-0.3, -0.25) is 9.78 Å². The van der Waals surface area contributed by atoms with Crippen molar-refractivity contribution < 1.29 is 9.53 Å². The third-order valence-electron chi connectivity index (χ3n) is 4.99. The van der Waals surface area contributed by atoms with Crippen molar-refractivity contribution in [2.24, 2.45) is 11.3 Å². The summed E-state index contributed by atoms with van der Waals surface area (Å²) >= 11 is 0. The van der Waals surface area contributed by atoms with Crippen LogP contribution in [-0.4, -0.2) is 17.9 Å². The van der Waals surface area contributed by atoms with Gasteiger partial charge in [-0.2, -0.15) is 0 Å². The van der Waals surface area contributed by atoms with Crippen molar-refractivity contribution in [1.29, 1.82) is 0 Å². The minimum absolute atomic E-state index is 0.123. The maximum absolute atomic E-state index is 12.7. The van der Waals surface area contributed by atoms with E-state index < -0.39 is 0 Å². The Bertz CT molecular complexity index is 534. The average Bonchev–Trinajstić information content (AvgIpc) is 2.42. The minimum Gasteiger partial charge on any atom is -0.496 e. The van der Waals surface area contributed by atoms with Crippen molar-refractivity contribution in [3.8, 4) is 5.75 Å². The van der Waals surface area contributed by atoms with Gasteiger partial charge < -0.3 is 4.74 Å². The lowest BCUT2D eigenvalue weighted by atomic mass is 9.66. The van der Waals surface area contributed by atoms with Gasteiger partial charge in [-0.25, -0.2) is 0 Å². The van der Waals surface area contributed by atoms with Crippen molar-refractivity contribution in [3.05, 3.63) is 23.0 Å². The van der Waals surface area contributed by atoms with Gasteiger partial charge in [0.05, 0.1) is 12.8 Å². The average molecular weight is 289 g/mol. The number of aromatic nitrogens is 1. The van der Waals surface area contributed by atoms with Crippen molar-refractivity contribution in [2.75, 3.05) is 7.11 Å². The highest BCUT2D eigenvalue weighted by molar-refractivity contribution is 5.84. The summed E-state index contributed by atoms with van der Waals surface area (Å²) in [5, 5.41) is 0. The molecule has 1 atom stereocenters. The predicted molar refractivity (Wildman–Crippen MR) is 84.7 cm³/mol. The molecule has 0 spiro atoms. The molecule has 0 aliphatic heterocycles. The van der Waals surface area contributed by atoms with Crippen molar-refractivity contribution in [2.45, 2.75) is 59.8 Å². The number of nitrogens with zero attached hydrogens (tertiary/aromatic N) is 1. The first-order chi connectivity index (χ1) is 9.86. The normalized spacial score (nSPS) is 21.1. The highest BCUT2D eigenvalue weighted by atomic mass is 16.5. The number of hydrogen-bond donors (Lipinski definition) is 0. The van der Waals surface area contributed by atoms with E-state index in [-0.39, 0.29) is 11.3 Å². The molecule has 1 saturated carbocycles. The SMILES string of the molecule is COc1c(C)cnc(CC(=O)C2CCCCC2(C)C)c1C. The van der Waals surface area contributed by atoms with E-state index in [4.69, 9.17) is 4.74 Å². The van der Waals surface area contributed by atoms with Crippen LogP contribution in [0.3, 0.4) is 0 Å². The summed E-state index contributed by atoms with van der Waals surface area (Å²) in [6.45, 7) is 8.43. The molecule has 1 heterocycles. The summed E-state index contributed by atoms with van der Waals surface area (Å²) in [4.78, 5) is 17.2. The number of rotatable bonds is 4. The lowest BCUT2D eigenvalue weighted by molar-refractivity contribution is -0.127. The molecule has 1 aliphatic rings. The smallest absolute Gasteiger partial charge is 0.142 e. The molecule has 116 valence electrons. The first-order valence-electron chi connectivity index (χ1n) is 7.88. The molecule has 0 radical (unpaired) electrons. The van der Waals surface area contributed by atoms with Crippen LogP contribution in [0.4, 0.5) is 0 Å². The van der Waals surface area contributed by atoms with Crippen LogP contribution >= 0.6 is 0 Å². The maximum Gasteiger partial charge on any atom is 0.142 e. The van der Waals surface area contributed by atoms with E-state index in [1.807, 2.05) is 13.8 Å². The Morgan fingerprint density at radius 3 is 2.71 bits per heavy atom. The second-order valence-corrected chi connectivity index (χ2v) is 6.98. The fraction of sp³-hybridized carbons (Fsp3) is 0.667. The third kappa shape index (κ3) is 3.28. The summed E-state index contributed by atoms with van der Waals surface area (Å²) in [7, 11) is 1.67. The molecular weight excluding hydrogens is 262 g/mol. The third-order valence-corrected chi connectivity index (χ3v) is 4.99. The molecule has 0 N–H and O–H groups in total. The summed E-state index contributed by atoms with van der Waals surface area (Å²) in [5.74, 6) is 1.36. The van der Waals surface area contributed by atoms with Crippen LogP contribution < -0.4 is 4.74 Å². The molecule has 3 heteroatoms. The van der Waals surface area contributed by atoms with Gasteiger partial charge in [0.1, 0.15) is 11.5 Å². The Hall–Kier alpha value is -1.38. The molecule has 0 amide bonds. The molecule has 21 heavy (non-hydrogen) atoms. The largest absolute Gasteiger partial charge is 0.496 e. The van der Waals surface area contributed by atoms with E-state index >= 15 is 0 Å². The van der Waals surface area contributed by atoms with Gasteiger partial charge in [0.15, 0.2) is 0 Å². The number of hydrogen-bond acceptors (Lipinski definition) is 3. The Kier molecular flexibility index (Phi) is 4.70. The fourth-order valence-corrected chi connectivity index (χ4v) is 3.63. The predicted octanol–water partition coefficient (Wildman–Crippen LogP) is 4.04. The van der Waals surface area contributed by atoms with E-state index in [0.29, 0.717) is 12.2 Å². The molecule has 1 aromatic rings. The molecule has 2 rings (SSSR count). The van der Waals surface area contributed by atoms with E-state index in [1.54, 1.807) is 13.3 Å². The van der Waals surface area contributed by atoms with Gasteiger partial charge in [0.25, 0.3) is 0 Å². The Morgan fingerprint density at radius 1 is 1.38 bits per heavy atom. The molecule has 0 bridgehead atoms. The van der Waals surface area contributed by atoms with Crippen LogP contribution in [0.5, 0.6) is 5.75 Å². The van der Waals surface area contributed by atoms with Crippen molar-refractivity contribution in [1.82, 2.24) is 4.98 Å². The van der Waals surface area contributed by atoms with Crippen molar-refractivity contribution >= 4 is 5.78 Å². The van der Waals surface area contributed by atoms with Crippen LogP contribution in [0, 0.1) is 25.2 Å². The molecule has 3 nitrogen and oxygen atoms in total. The first kappa shape index (κ1) is 16.0. The molecule has 1 aromatic heterocycles. The number of carbonyl (C=O) groups is 1. The van der Waals surface area contributed by atoms with Gasteiger partial charge >= 0.3 is 0 Å². The lowest BCUT2D eigenvalue weighted by Gasteiger charge is -2.37. The minimum atomic E-state index is 0.123. The number of ether oxygens (including phenoxy) is 1. The highest BCUT2D eigenvalue weighted by Gasteiger charge is 2.37. The van der Waals surface area contributed by atoms with E-state index in [1.165, 1.54) is 12.8 Å². The zero-order valence-electron chi connectivity index (χ0n) is 14.0. The van der Waals surface area contributed by atoms with Crippen LogP contribution in [0.15, 0.2) is 6.20 Å². The van der Waals surface area contributed by atoms with E-state index in [0.717, 1.165) is 35.4 Å². The van der Waals surface area contributed by atoms with E-state index in [9.17, 15) is 4.79 Å². The Morgan fingerprint density at radius 2 is 2.10 bits per heavy atom. The molecule has 1 unspecified atom stereocenters. The van der Waals surface area contributed by atoms with Crippen molar-refractivity contribution in [3.63, 3.8) is 0 Å². The Labute approximate surface area is 128 Å². The summed E-state index contributed by atoms with van der Waals surface area (Å²) < 4.78 is 5.43. The van der Waals surface area contributed by atoms with E-state index in [2.05, 4.69) is 18.8 Å². The number of ketones is 1. The molecule has 1 fully saturated rings. The second kappa shape index (κ2) is 6.17. The molecule has 0 aromatic carbocycles. The van der Waals surface area contributed by atoms with Gasteiger partial charge in [-0.15, -0.1) is 0 Å². The van der Waals surface area contributed by atoms with Gasteiger partial charge in [0.2, 0.25) is 0 Å². The number of carbonyl (C=O) groups excluding carboxylic acids is 1. The summed E-state index contributed by atoms with van der Waals surface area (Å²) in [6.07, 6.45) is 6.81. The highest BCUT2D eigenvalue weighted by Crippen LogP contribution is 2.41. The molecule has 0 saturated heterocycles. The second-order valence-electron chi connectivity index (χ2n) is 6.98. The number of pyridine rings is 1. The lowest BCUT2D eigenvalue weighted by Crippen LogP contribution is -2.35. The number of aryl methyl sites for hydroxylation is 1. The zero-order chi connectivity index (χ0) is 15.6. The summed E-state index contributed by atoms with van der Waals surface area (Å²) in [5.41, 5.74) is 3.00. The van der Waals surface area contributed by atoms with Gasteiger partial charge in [-0.05, 0) is 32.1 Å². The number of methoxy groups -OCH3 is 1. The summed E-state index contributed by atoms with van der Waals surface area (Å²) in [6, 6.07) is 0. The van der Waals surface area contributed by atoms with Crippen LogP contribution in [0.2, 0.25) is 0 Å². The van der Waals surface area contributed by atoms with Crippen LogP contribution in [-0.2, 0) is 11.2 Å². The molecule has 1 aliphatic carbocycles. The monoisotopic (exact) mass is 289 g/mol. The standard InChI is InChI=1S/C18H27NO2/c1-12-11-19-15(13(2)17(12)21-5)10-16(20)14-8-6-7-9-18(14,3)4/h11,14H,6-10H2,1-5H3. The maximum atomic E-state index is 12.7. The first-order valence-corrected chi connectivity index (χ1v) is 7.88. The Balaban J connectivity index is 2.20. The van der Waals surface area contributed by atoms with Crippen LogP contribution in [0.1, 0.15) is 56.4 Å². The topological polar surface area (TPSA) is 39.2 Å². The quantitative estimate of drug-likeness (QED) is 0.840. The van der Waals surface area contributed by atoms with Gasteiger partial charge in [-0.1, -0.05) is 26.7 Å². The zero-order valence-corrected chi connectivity index (χ0v) is 14.0. The fourth-order valence-electron chi connectivity index (χ4n) is 3.63.